The standard InChI is InChI=1S/C22H14BrNOS/c23-14-11-9-13(10-12-14)22-19-20(15-5-1-2-6-16(15)21(19)25)24-17-7-3-4-8-18(17)26-22/h1-12,19,22H/t19?,22-/m1/s1. The molecular weight excluding hydrogens is 406 g/mol. The fourth-order valence-electron chi connectivity index (χ4n) is 3.69. The van der Waals surface area contributed by atoms with Gasteiger partial charge in [0.1, 0.15) is 0 Å². The van der Waals surface area contributed by atoms with Crippen molar-refractivity contribution in [3.63, 3.8) is 0 Å². The lowest BCUT2D eigenvalue weighted by molar-refractivity contribution is 0.0960. The van der Waals surface area contributed by atoms with Gasteiger partial charge < -0.3 is 0 Å². The number of aliphatic imine (C=N–C) groups is 1. The molecule has 0 fully saturated rings. The lowest BCUT2D eigenvalue weighted by Gasteiger charge is -2.21. The van der Waals surface area contributed by atoms with Gasteiger partial charge >= 0.3 is 0 Å². The molecular formula is C22H14BrNOS. The molecule has 2 aliphatic rings. The van der Waals surface area contributed by atoms with Gasteiger partial charge in [-0.2, -0.15) is 0 Å². The SMILES string of the molecule is O=C1c2ccccc2C2=Nc3ccccc3S[C@H](c3ccc(Br)cc3)C12. The lowest BCUT2D eigenvalue weighted by Crippen LogP contribution is -2.21. The number of carbonyl (C=O) groups is 1. The molecule has 0 spiro atoms. The Morgan fingerprint density at radius 3 is 2.35 bits per heavy atom. The highest BCUT2D eigenvalue weighted by Crippen LogP contribution is 2.51. The smallest absolute Gasteiger partial charge is 0.174 e. The molecule has 0 saturated carbocycles. The molecule has 1 aliphatic heterocycles. The van der Waals surface area contributed by atoms with E-state index in [2.05, 4.69) is 34.1 Å². The van der Waals surface area contributed by atoms with Crippen LogP contribution in [-0.2, 0) is 0 Å². The minimum Gasteiger partial charge on any atom is -0.293 e. The summed E-state index contributed by atoms with van der Waals surface area (Å²) in [5, 5.41) is 0.00500. The van der Waals surface area contributed by atoms with Gasteiger partial charge in [-0.3, -0.25) is 9.79 Å². The molecule has 5 rings (SSSR count). The van der Waals surface area contributed by atoms with Crippen molar-refractivity contribution >= 4 is 44.9 Å². The van der Waals surface area contributed by atoms with Crippen LogP contribution in [-0.4, -0.2) is 11.5 Å². The van der Waals surface area contributed by atoms with Gasteiger partial charge in [-0.05, 0) is 29.8 Å². The first-order valence-corrected chi connectivity index (χ1v) is 10.1. The van der Waals surface area contributed by atoms with Crippen LogP contribution < -0.4 is 0 Å². The van der Waals surface area contributed by atoms with Crippen molar-refractivity contribution < 1.29 is 4.79 Å². The molecule has 0 bridgehead atoms. The van der Waals surface area contributed by atoms with E-state index in [9.17, 15) is 4.79 Å². The molecule has 4 heteroatoms. The first-order chi connectivity index (χ1) is 12.7. The zero-order valence-electron chi connectivity index (χ0n) is 13.7. The molecule has 0 aromatic heterocycles. The number of hydrogen-bond donors (Lipinski definition) is 0. The first-order valence-electron chi connectivity index (χ1n) is 8.46. The Hall–Kier alpha value is -2.17. The molecule has 0 radical (unpaired) electrons. The second kappa shape index (κ2) is 6.22. The molecule has 1 aliphatic carbocycles. The maximum atomic E-state index is 13.3. The average Bonchev–Trinajstić information content (AvgIpc) is 2.84. The lowest BCUT2D eigenvalue weighted by atomic mass is 9.93. The van der Waals surface area contributed by atoms with Gasteiger partial charge in [0.2, 0.25) is 0 Å². The molecule has 0 amide bonds. The van der Waals surface area contributed by atoms with Crippen molar-refractivity contribution in [1.29, 1.82) is 0 Å². The van der Waals surface area contributed by atoms with E-state index in [-0.39, 0.29) is 17.0 Å². The summed E-state index contributed by atoms with van der Waals surface area (Å²) in [6, 6.07) is 24.3. The van der Waals surface area contributed by atoms with Crippen molar-refractivity contribution in [2.75, 3.05) is 0 Å². The van der Waals surface area contributed by atoms with Crippen molar-refractivity contribution in [1.82, 2.24) is 0 Å². The summed E-state index contributed by atoms with van der Waals surface area (Å²) in [4.78, 5) is 19.4. The van der Waals surface area contributed by atoms with E-state index in [1.807, 2.05) is 54.6 Å². The van der Waals surface area contributed by atoms with Gasteiger partial charge in [0.25, 0.3) is 0 Å². The number of Topliss-reactive ketones (excluding diaryl/α,β-unsaturated/α-hetero) is 1. The summed E-state index contributed by atoms with van der Waals surface area (Å²) < 4.78 is 1.04. The normalized spacial score (nSPS) is 20.7. The van der Waals surface area contributed by atoms with Crippen molar-refractivity contribution in [3.05, 3.63) is 94.0 Å². The number of thioether (sulfide) groups is 1. The number of nitrogens with zero attached hydrogens (tertiary/aromatic N) is 1. The Labute approximate surface area is 164 Å². The van der Waals surface area contributed by atoms with Crippen LogP contribution >= 0.6 is 27.7 Å². The third-order valence-electron chi connectivity index (χ3n) is 4.91. The second-order valence-electron chi connectivity index (χ2n) is 6.44. The number of hydrogen-bond acceptors (Lipinski definition) is 3. The van der Waals surface area contributed by atoms with Gasteiger partial charge in [0, 0.05) is 20.5 Å². The van der Waals surface area contributed by atoms with Crippen LogP contribution in [0.1, 0.15) is 26.7 Å². The molecule has 0 N–H and O–H groups in total. The van der Waals surface area contributed by atoms with Crippen LogP contribution in [0.25, 0.3) is 0 Å². The Kier molecular flexibility index (Phi) is 3.84. The number of halogens is 1. The van der Waals surface area contributed by atoms with Crippen molar-refractivity contribution in [2.45, 2.75) is 10.1 Å². The van der Waals surface area contributed by atoms with E-state index < -0.39 is 0 Å². The predicted molar refractivity (Wildman–Crippen MR) is 110 cm³/mol. The molecule has 26 heavy (non-hydrogen) atoms. The number of fused-ring (bicyclic) bond motifs is 4. The Morgan fingerprint density at radius 2 is 1.54 bits per heavy atom. The van der Waals surface area contributed by atoms with Crippen LogP contribution in [0.3, 0.4) is 0 Å². The van der Waals surface area contributed by atoms with Crippen molar-refractivity contribution in [2.24, 2.45) is 10.9 Å². The highest BCUT2D eigenvalue weighted by molar-refractivity contribution is 9.10. The quantitative estimate of drug-likeness (QED) is 0.467. The predicted octanol–water partition coefficient (Wildman–Crippen LogP) is 6.23. The summed E-state index contributed by atoms with van der Waals surface area (Å²) in [7, 11) is 0. The molecule has 3 aromatic carbocycles. The van der Waals surface area contributed by atoms with E-state index in [1.54, 1.807) is 11.8 Å². The highest BCUT2D eigenvalue weighted by Gasteiger charge is 2.44. The Bertz CT molecular complexity index is 1060. The first kappa shape index (κ1) is 16.0. The van der Waals surface area contributed by atoms with Crippen LogP contribution in [0.2, 0.25) is 0 Å². The fourth-order valence-corrected chi connectivity index (χ4v) is 5.30. The number of para-hydroxylation sites is 1. The van der Waals surface area contributed by atoms with Gasteiger partial charge in [-0.15, -0.1) is 11.8 Å². The van der Waals surface area contributed by atoms with E-state index >= 15 is 0 Å². The second-order valence-corrected chi connectivity index (χ2v) is 8.54. The summed E-state index contributed by atoms with van der Waals surface area (Å²) in [5.74, 6) is -0.0847. The fraction of sp³-hybridized carbons (Fsp3) is 0.0909. The molecule has 0 saturated heterocycles. The molecule has 2 atom stereocenters. The zero-order valence-corrected chi connectivity index (χ0v) is 16.1. The summed E-state index contributed by atoms with van der Waals surface area (Å²) >= 11 is 5.24. The Balaban J connectivity index is 1.75. The topological polar surface area (TPSA) is 29.4 Å². The van der Waals surface area contributed by atoms with Gasteiger partial charge in [0.15, 0.2) is 5.78 Å². The highest BCUT2D eigenvalue weighted by atomic mass is 79.9. The minimum atomic E-state index is -0.258. The maximum Gasteiger partial charge on any atom is 0.174 e. The van der Waals surface area contributed by atoms with E-state index in [0.717, 1.165) is 37.5 Å². The molecule has 1 unspecified atom stereocenters. The number of ketones is 1. The molecule has 126 valence electrons. The maximum absolute atomic E-state index is 13.3. The van der Waals surface area contributed by atoms with Crippen LogP contribution in [0.5, 0.6) is 0 Å². The number of rotatable bonds is 1. The largest absolute Gasteiger partial charge is 0.293 e. The minimum absolute atomic E-state index is 0.00500. The van der Waals surface area contributed by atoms with Gasteiger partial charge in [-0.25, -0.2) is 0 Å². The van der Waals surface area contributed by atoms with Crippen LogP contribution in [0.15, 0.2) is 87.2 Å². The van der Waals surface area contributed by atoms with E-state index in [0.29, 0.717) is 0 Å². The van der Waals surface area contributed by atoms with E-state index in [4.69, 9.17) is 4.99 Å². The van der Waals surface area contributed by atoms with Crippen molar-refractivity contribution in [3.8, 4) is 0 Å². The monoisotopic (exact) mass is 419 g/mol. The average molecular weight is 420 g/mol. The molecule has 1 heterocycles. The van der Waals surface area contributed by atoms with E-state index in [1.165, 1.54) is 0 Å². The third kappa shape index (κ3) is 2.48. The van der Waals surface area contributed by atoms with Gasteiger partial charge in [0.05, 0.1) is 22.6 Å². The summed E-state index contributed by atoms with van der Waals surface area (Å²) in [6.45, 7) is 0. The van der Waals surface area contributed by atoms with Crippen LogP contribution in [0.4, 0.5) is 5.69 Å². The summed E-state index contributed by atoms with van der Waals surface area (Å²) in [6.07, 6.45) is 0. The number of carbonyl (C=O) groups excluding carboxylic acids is 1. The van der Waals surface area contributed by atoms with Crippen LogP contribution in [0, 0.1) is 5.92 Å². The molecule has 3 aromatic rings. The zero-order chi connectivity index (χ0) is 17.7. The molecule has 2 nitrogen and oxygen atoms in total. The Morgan fingerprint density at radius 1 is 0.846 bits per heavy atom. The third-order valence-corrected chi connectivity index (χ3v) is 6.83. The van der Waals surface area contributed by atoms with Gasteiger partial charge in [-0.1, -0.05) is 64.5 Å². The summed E-state index contributed by atoms with van der Waals surface area (Å²) in [5.41, 5.74) is 4.76. The number of benzene rings is 3.